The maximum absolute atomic E-state index is 5.67. The highest BCUT2D eigenvalue weighted by Gasteiger charge is 2.06. The van der Waals surface area contributed by atoms with Gasteiger partial charge in [-0.2, -0.15) is 5.10 Å². The molecule has 0 aromatic carbocycles. The van der Waals surface area contributed by atoms with Crippen molar-refractivity contribution in [1.82, 2.24) is 10.2 Å². The van der Waals surface area contributed by atoms with Crippen molar-refractivity contribution in [2.75, 3.05) is 0 Å². The molecule has 2 heterocycles. The van der Waals surface area contributed by atoms with Gasteiger partial charge in [0, 0.05) is 0 Å². The lowest BCUT2D eigenvalue weighted by atomic mass is 10.2. The summed E-state index contributed by atoms with van der Waals surface area (Å²) in [6.45, 7) is 2.08. The molecule has 0 fully saturated rings. The molecule has 2 aromatic rings. The van der Waals surface area contributed by atoms with E-state index >= 15 is 0 Å². The summed E-state index contributed by atoms with van der Waals surface area (Å²) in [5, 5.41) is 9.16. The SMILES string of the molecule is Cc1ccsc1-c1cc(CCl)[nH]n1. The molecular formula is C9H9ClN2S. The fourth-order valence-corrected chi connectivity index (χ4v) is 2.21. The molecule has 13 heavy (non-hydrogen) atoms. The maximum atomic E-state index is 5.67. The van der Waals surface area contributed by atoms with Crippen molar-refractivity contribution in [2.24, 2.45) is 0 Å². The average Bonchev–Trinajstić information content (AvgIpc) is 2.71. The second-order valence-corrected chi connectivity index (χ2v) is 4.03. The molecule has 0 bridgehead atoms. The minimum Gasteiger partial charge on any atom is -0.281 e. The van der Waals surface area contributed by atoms with Crippen molar-refractivity contribution in [2.45, 2.75) is 12.8 Å². The van der Waals surface area contributed by atoms with Gasteiger partial charge in [-0.05, 0) is 30.0 Å². The topological polar surface area (TPSA) is 28.7 Å². The molecule has 68 valence electrons. The van der Waals surface area contributed by atoms with E-state index in [1.807, 2.05) is 6.07 Å². The molecule has 0 saturated carbocycles. The summed E-state index contributed by atoms with van der Waals surface area (Å²) in [6, 6.07) is 4.08. The van der Waals surface area contributed by atoms with Gasteiger partial charge in [-0.25, -0.2) is 0 Å². The van der Waals surface area contributed by atoms with Crippen molar-refractivity contribution in [3.63, 3.8) is 0 Å². The molecule has 1 N–H and O–H groups in total. The number of alkyl halides is 1. The van der Waals surface area contributed by atoms with Gasteiger partial charge in [-0.3, -0.25) is 5.10 Å². The van der Waals surface area contributed by atoms with Crippen LogP contribution in [0.4, 0.5) is 0 Å². The zero-order valence-corrected chi connectivity index (χ0v) is 8.75. The first-order chi connectivity index (χ1) is 6.31. The minimum absolute atomic E-state index is 0.484. The van der Waals surface area contributed by atoms with Crippen LogP contribution in [0.3, 0.4) is 0 Å². The summed E-state index contributed by atoms with van der Waals surface area (Å²) in [7, 11) is 0. The molecule has 0 spiro atoms. The minimum atomic E-state index is 0.484. The Kier molecular flexibility index (Phi) is 2.38. The summed E-state index contributed by atoms with van der Waals surface area (Å²) in [5.74, 6) is 0.484. The van der Waals surface area contributed by atoms with E-state index in [2.05, 4.69) is 28.6 Å². The number of halogens is 1. The van der Waals surface area contributed by atoms with Gasteiger partial charge in [-0.15, -0.1) is 22.9 Å². The fraction of sp³-hybridized carbons (Fsp3) is 0.222. The number of nitrogens with zero attached hydrogens (tertiary/aromatic N) is 1. The first-order valence-electron chi connectivity index (χ1n) is 3.96. The normalized spacial score (nSPS) is 10.6. The molecule has 2 rings (SSSR count). The fourth-order valence-electron chi connectivity index (χ4n) is 1.18. The number of H-pyrrole nitrogens is 1. The highest BCUT2D eigenvalue weighted by molar-refractivity contribution is 7.13. The molecule has 0 saturated heterocycles. The third-order valence-corrected chi connectivity index (χ3v) is 3.20. The second-order valence-electron chi connectivity index (χ2n) is 2.84. The molecule has 0 aliphatic heterocycles. The molecule has 2 aromatic heterocycles. The van der Waals surface area contributed by atoms with Crippen LogP contribution in [0, 0.1) is 6.92 Å². The van der Waals surface area contributed by atoms with Crippen LogP contribution in [0.5, 0.6) is 0 Å². The van der Waals surface area contributed by atoms with E-state index in [1.165, 1.54) is 10.4 Å². The van der Waals surface area contributed by atoms with Crippen molar-refractivity contribution >= 4 is 22.9 Å². The number of aromatic nitrogens is 2. The van der Waals surface area contributed by atoms with Gasteiger partial charge < -0.3 is 0 Å². The molecule has 0 radical (unpaired) electrons. The maximum Gasteiger partial charge on any atom is 0.103 e. The Bertz CT molecular complexity index is 405. The third kappa shape index (κ3) is 1.62. The summed E-state index contributed by atoms with van der Waals surface area (Å²) in [4.78, 5) is 1.22. The Hall–Kier alpha value is -0.800. The lowest BCUT2D eigenvalue weighted by molar-refractivity contribution is 1.04. The molecule has 0 unspecified atom stereocenters. The number of nitrogens with one attached hydrogen (secondary N) is 1. The smallest absolute Gasteiger partial charge is 0.103 e. The van der Waals surface area contributed by atoms with Crippen LogP contribution < -0.4 is 0 Å². The van der Waals surface area contributed by atoms with Crippen LogP contribution in [-0.2, 0) is 5.88 Å². The lowest BCUT2D eigenvalue weighted by Crippen LogP contribution is -1.75. The van der Waals surface area contributed by atoms with Gasteiger partial charge in [0.2, 0.25) is 0 Å². The zero-order chi connectivity index (χ0) is 9.26. The molecule has 0 aliphatic rings. The standard InChI is InChI=1S/C9H9ClN2S/c1-6-2-3-13-9(6)8-4-7(5-10)11-12-8/h2-4H,5H2,1H3,(H,11,12). The molecule has 0 amide bonds. The molecular weight excluding hydrogens is 204 g/mol. The van der Waals surface area contributed by atoms with Crippen LogP contribution >= 0.6 is 22.9 Å². The van der Waals surface area contributed by atoms with Crippen LogP contribution in [-0.4, -0.2) is 10.2 Å². The number of aromatic amines is 1. The average molecular weight is 213 g/mol. The van der Waals surface area contributed by atoms with Gasteiger partial charge >= 0.3 is 0 Å². The van der Waals surface area contributed by atoms with E-state index in [4.69, 9.17) is 11.6 Å². The van der Waals surface area contributed by atoms with Crippen LogP contribution in [0.15, 0.2) is 17.5 Å². The number of aryl methyl sites for hydroxylation is 1. The Labute approximate surface area is 85.6 Å². The van der Waals surface area contributed by atoms with Crippen molar-refractivity contribution in [3.05, 3.63) is 28.8 Å². The van der Waals surface area contributed by atoms with E-state index in [0.29, 0.717) is 5.88 Å². The number of rotatable bonds is 2. The Morgan fingerprint density at radius 3 is 3.00 bits per heavy atom. The van der Waals surface area contributed by atoms with Crippen molar-refractivity contribution < 1.29 is 0 Å². The van der Waals surface area contributed by atoms with Crippen LogP contribution in [0.25, 0.3) is 10.6 Å². The predicted molar refractivity (Wildman–Crippen MR) is 56.2 cm³/mol. The van der Waals surface area contributed by atoms with Gasteiger partial charge in [0.25, 0.3) is 0 Å². The number of hydrogen-bond donors (Lipinski definition) is 1. The summed E-state index contributed by atoms with van der Waals surface area (Å²) < 4.78 is 0. The van der Waals surface area contributed by atoms with E-state index in [9.17, 15) is 0 Å². The lowest BCUT2D eigenvalue weighted by Gasteiger charge is -1.90. The summed E-state index contributed by atoms with van der Waals surface area (Å²) in [6.07, 6.45) is 0. The predicted octanol–water partition coefficient (Wildman–Crippen LogP) is 3.19. The highest BCUT2D eigenvalue weighted by Crippen LogP contribution is 2.27. The Balaban J connectivity index is 2.41. The van der Waals surface area contributed by atoms with E-state index in [-0.39, 0.29) is 0 Å². The molecule has 0 atom stereocenters. The first kappa shape index (κ1) is 8.78. The zero-order valence-electron chi connectivity index (χ0n) is 7.17. The van der Waals surface area contributed by atoms with E-state index in [0.717, 1.165) is 11.4 Å². The van der Waals surface area contributed by atoms with Crippen molar-refractivity contribution in [3.8, 4) is 10.6 Å². The van der Waals surface area contributed by atoms with Gasteiger partial charge in [0.1, 0.15) is 5.69 Å². The third-order valence-electron chi connectivity index (χ3n) is 1.87. The summed E-state index contributed by atoms with van der Waals surface area (Å²) in [5.41, 5.74) is 3.21. The van der Waals surface area contributed by atoms with Gasteiger partial charge in [0.05, 0.1) is 16.5 Å². The van der Waals surface area contributed by atoms with E-state index in [1.54, 1.807) is 11.3 Å². The monoisotopic (exact) mass is 212 g/mol. The largest absolute Gasteiger partial charge is 0.281 e. The quantitative estimate of drug-likeness (QED) is 0.762. The van der Waals surface area contributed by atoms with Crippen molar-refractivity contribution in [1.29, 1.82) is 0 Å². The summed E-state index contributed by atoms with van der Waals surface area (Å²) >= 11 is 7.37. The van der Waals surface area contributed by atoms with E-state index < -0.39 is 0 Å². The second kappa shape index (κ2) is 3.52. The molecule has 2 nitrogen and oxygen atoms in total. The van der Waals surface area contributed by atoms with Gasteiger partial charge in [0.15, 0.2) is 0 Å². The Morgan fingerprint density at radius 2 is 2.46 bits per heavy atom. The highest BCUT2D eigenvalue weighted by atomic mass is 35.5. The van der Waals surface area contributed by atoms with Crippen LogP contribution in [0.1, 0.15) is 11.3 Å². The number of hydrogen-bond acceptors (Lipinski definition) is 2. The first-order valence-corrected chi connectivity index (χ1v) is 5.37. The number of thiophene rings is 1. The molecule has 0 aliphatic carbocycles. The molecule has 4 heteroatoms. The van der Waals surface area contributed by atoms with Crippen LogP contribution in [0.2, 0.25) is 0 Å². The van der Waals surface area contributed by atoms with Gasteiger partial charge in [-0.1, -0.05) is 0 Å². The Morgan fingerprint density at radius 1 is 1.62 bits per heavy atom.